The number of carbonyl (C=O) groups excluding carboxylic acids is 2. The van der Waals surface area contributed by atoms with E-state index in [1.807, 2.05) is 6.07 Å². The van der Waals surface area contributed by atoms with Gasteiger partial charge >= 0.3 is 11.9 Å². The molecule has 0 atom stereocenters. The van der Waals surface area contributed by atoms with Gasteiger partial charge in [-0.25, -0.2) is 4.79 Å². The Labute approximate surface area is 110 Å². The number of carbonyl (C=O) groups is 2. The number of rotatable bonds is 4. The summed E-state index contributed by atoms with van der Waals surface area (Å²) in [6.07, 6.45) is 0. The summed E-state index contributed by atoms with van der Waals surface area (Å²) >= 11 is 0. The molecular weight excluding hydrogens is 250 g/mol. The first-order valence-electron chi connectivity index (χ1n) is 5.82. The Bertz CT molecular complexity index is 500. The lowest BCUT2D eigenvalue weighted by Crippen LogP contribution is -2.44. The summed E-state index contributed by atoms with van der Waals surface area (Å²) in [4.78, 5) is 24.2. The van der Waals surface area contributed by atoms with Gasteiger partial charge in [-0.05, 0) is 17.7 Å². The van der Waals surface area contributed by atoms with Crippen molar-refractivity contribution in [2.75, 3.05) is 27.4 Å². The van der Waals surface area contributed by atoms with Crippen LogP contribution in [0.3, 0.4) is 0 Å². The van der Waals surface area contributed by atoms with E-state index in [1.165, 1.54) is 4.90 Å². The number of hydrogen-bond acceptors (Lipinski definition) is 5. The molecule has 1 aliphatic rings. The van der Waals surface area contributed by atoms with Crippen molar-refractivity contribution in [1.82, 2.24) is 4.90 Å². The van der Waals surface area contributed by atoms with Crippen molar-refractivity contribution in [3.8, 4) is 11.5 Å². The van der Waals surface area contributed by atoms with Gasteiger partial charge in [0.1, 0.15) is 6.61 Å². The summed E-state index contributed by atoms with van der Waals surface area (Å²) in [6, 6.07) is 5.38. The lowest BCUT2D eigenvalue weighted by molar-refractivity contribution is -0.166. The van der Waals surface area contributed by atoms with Gasteiger partial charge in [0.2, 0.25) is 0 Å². The fourth-order valence-electron chi connectivity index (χ4n) is 1.89. The molecule has 6 nitrogen and oxygen atoms in total. The number of methoxy groups -OCH3 is 2. The van der Waals surface area contributed by atoms with Crippen LogP contribution < -0.4 is 9.47 Å². The number of hydrogen-bond donors (Lipinski definition) is 0. The predicted molar refractivity (Wildman–Crippen MR) is 65.9 cm³/mol. The number of benzene rings is 1. The summed E-state index contributed by atoms with van der Waals surface area (Å²) < 4.78 is 15.0. The Kier molecular flexibility index (Phi) is 3.89. The summed E-state index contributed by atoms with van der Waals surface area (Å²) in [7, 11) is 3.10. The normalized spacial score (nSPS) is 15.2. The Balaban J connectivity index is 2.14. The van der Waals surface area contributed by atoms with Crippen LogP contribution in [0.2, 0.25) is 0 Å². The molecular formula is C13H15NO5. The third kappa shape index (κ3) is 2.78. The van der Waals surface area contributed by atoms with E-state index < -0.39 is 11.9 Å². The van der Waals surface area contributed by atoms with Gasteiger partial charge in [0.15, 0.2) is 11.5 Å². The van der Waals surface area contributed by atoms with Crippen molar-refractivity contribution in [3.05, 3.63) is 23.8 Å². The van der Waals surface area contributed by atoms with Crippen LogP contribution in [-0.2, 0) is 20.9 Å². The quantitative estimate of drug-likeness (QED) is 0.589. The molecule has 2 rings (SSSR count). The molecule has 1 aromatic carbocycles. The van der Waals surface area contributed by atoms with E-state index in [2.05, 4.69) is 4.74 Å². The predicted octanol–water partition coefficient (Wildman–Crippen LogP) is 0.589. The Morgan fingerprint density at radius 3 is 2.63 bits per heavy atom. The van der Waals surface area contributed by atoms with E-state index in [1.54, 1.807) is 26.4 Å². The van der Waals surface area contributed by atoms with E-state index >= 15 is 0 Å². The van der Waals surface area contributed by atoms with Crippen LogP contribution in [0.25, 0.3) is 0 Å². The lowest BCUT2D eigenvalue weighted by Gasteiger charge is -2.25. The minimum absolute atomic E-state index is 0.234. The highest BCUT2D eigenvalue weighted by molar-refractivity contribution is 6.32. The molecule has 0 spiro atoms. The molecule has 0 radical (unpaired) electrons. The van der Waals surface area contributed by atoms with Crippen LogP contribution in [0.4, 0.5) is 0 Å². The summed E-state index contributed by atoms with van der Waals surface area (Å²) in [5.41, 5.74) is 0.862. The minimum Gasteiger partial charge on any atom is -0.493 e. The number of amides is 1. The van der Waals surface area contributed by atoms with Crippen LogP contribution in [0.5, 0.6) is 11.5 Å². The fraction of sp³-hybridized carbons (Fsp3) is 0.385. The molecule has 102 valence electrons. The van der Waals surface area contributed by atoms with Gasteiger partial charge in [-0.2, -0.15) is 0 Å². The first kappa shape index (κ1) is 13.2. The monoisotopic (exact) mass is 265 g/mol. The van der Waals surface area contributed by atoms with Crippen LogP contribution in [-0.4, -0.2) is 44.1 Å². The van der Waals surface area contributed by atoms with Crippen LogP contribution >= 0.6 is 0 Å². The van der Waals surface area contributed by atoms with Gasteiger partial charge in [-0.15, -0.1) is 0 Å². The smallest absolute Gasteiger partial charge is 0.397 e. The molecule has 1 amide bonds. The summed E-state index contributed by atoms with van der Waals surface area (Å²) in [5, 5.41) is 0. The van der Waals surface area contributed by atoms with Crippen LogP contribution in [0, 0.1) is 0 Å². The van der Waals surface area contributed by atoms with Crippen LogP contribution in [0.1, 0.15) is 5.56 Å². The van der Waals surface area contributed by atoms with E-state index in [0.29, 0.717) is 24.6 Å². The average Bonchev–Trinajstić information content (AvgIpc) is 2.43. The molecule has 0 saturated carbocycles. The van der Waals surface area contributed by atoms with E-state index in [4.69, 9.17) is 9.47 Å². The number of esters is 1. The SMILES string of the molecule is COc1ccc(CN2CCOC(=O)C2=O)cc1OC. The molecule has 1 aliphatic heterocycles. The first-order valence-corrected chi connectivity index (χ1v) is 5.82. The third-order valence-electron chi connectivity index (χ3n) is 2.88. The number of ether oxygens (including phenoxy) is 3. The maximum absolute atomic E-state index is 11.6. The molecule has 19 heavy (non-hydrogen) atoms. The van der Waals surface area contributed by atoms with Gasteiger partial charge < -0.3 is 19.1 Å². The van der Waals surface area contributed by atoms with Crippen molar-refractivity contribution in [2.24, 2.45) is 0 Å². The van der Waals surface area contributed by atoms with Crippen molar-refractivity contribution in [1.29, 1.82) is 0 Å². The molecule has 0 aromatic heterocycles. The maximum atomic E-state index is 11.6. The average molecular weight is 265 g/mol. The lowest BCUT2D eigenvalue weighted by atomic mass is 10.2. The molecule has 1 saturated heterocycles. The first-order chi connectivity index (χ1) is 9.15. The number of morpholine rings is 1. The fourth-order valence-corrected chi connectivity index (χ4v) is 1.89. The number of cyclic esters (lactones) is 1. The second-order valence-electron chi connectivity index (χ2n) is 4.05. The van der Waals surface area contributed by atoms with Gasteiger partial charge in [0.25, 0.3) is 0 Å². The Hall–Kier alpha value is -2.24. The molecule has 1 fully saturated rings. The molecule has 0 unspecified atom stereocenters. The van der Waals surface area contributed by atoms with Gasteiger partial charge in [0, 0.05) is 6.54 Å². The molecule has 1 aromatic rings. The zero-order valence-electron chi connectivity index (χ0n) is 10.8. The highest BCUT2D eigenvalue weighted by atomic mass is 16.5. The van der Waals surface area contributed by atoms with Crippen molar-refractivity contribution < 1.29 is 23.8 Å². The highest BCUT2D eigenvalue weighted by Gasteiger charge is 2.28. The third-order valence-corrected chi connectivity index (χ3v) is 2.88. The largest absolute Gasteiger partial charge is 0.493 e. The Morgan fingerprint density at radius 1 is 1.21 bits per heavy atom. The van der Waals surface area contributed by atoms with Gasteiger partial charge in [-0.1, -0.05) is 6.07 Å². The standard InChI is InChI=1S/C13H15NO5/c1-17-10-4-3-9(7-11(10)18-2)8-14-5-6-19-13(16)12(14)15/h3-4,7H,5-6,8H2,1-2H3. The number of nitrogens with zero attached hydrogens (tertiary/aromatic N) is 1. The van der Waals surface area contributed by atoms with Gasteiger partial charge in [-0.3, -0.25) is 4.79 Å². The molecule has 1 heterocycles. The van der Waals surface area contributed by atoms with E-state index in [0.717, 1.165) is 5.56 Å². The van der Waals surface area contributed by atoms with E-state index in [-0.39, 0.29) is 6.61 Å². The second-order valence-corrected chi connectivity index (χ2v) is 4.05. The van der Waals surface area contributed by atoms with Crippen LogP contribution in [0.15, 0.2) is 18.2 Å². The molecule has 0 bridgehead atoms. The van der Waals surface area contributed by atoms with Gasteiger partial charge in [0.05, 0.1) is 20.8 Å². The minimum atomic E-state index is -0.799. The van der Waals surface area contributed by atoms with Crippen molar-refractivity contribution >= 4 is 11.9 Å². The van der Waals surface area contributed by atoms with E-state index in [9.17, 15) is 9.59 Å². The summed E-state index contributed by atoms with van der Waals surface area (Å²) in [6.45, 7) is 0.977. The highest BCUT2D eigenvalue weighted by Crippen LogP contribution is 2.28. The zero-order chi connectivity index (χ0) is 13.8. The summed E-state index contributed by atoms with van der Waals surface area (Å²) in [5.74, 6) is -0.199. The maximum Gasteiger partial charge on any atom is 0.397 e. The molecule has 0 N–H and O–H groups in total. The zero-order valence-corrected chi connectivity index (χ0v) is 10.8. The van der Waals surface area contributed by atoms with Crippen molar-refractivity contribution in [3.63, 3.8) is 0 Å². The van der Waals surface area contributed by atoms with Crippen molar-refractivity contribution in [2.45, 2.75) is 6.54 Å². The molecule has 0 aliphatic carbocycles. The Morgan fingerprint density at radius 2 is 1.95 bits per heavy atom. The second kappa shape index (κ2) is 5.60. The molecule has 6 heteroatoms. The topological polar surface area (TPSA) is 65.1 Å².